The molecular formula is C21H21NO4. The predicted octanol–water partition coefficient (Wildman–Crippen LogP) is 4.10. The maximum atomic E-state index is 12.4. The average molecular weight is 351 g/mol. The monoisotopic (exact) mass is 351 g/mol. The van der Waals surface area contributed by atoms with Gasteiger partial charge in [0, 0.05) is 23.6 Å². The minimum Gasteiger partial charge on any atom is -0.489 e. The molecule has 26 heavy (non-hydrogen) atoms. The summed E-state index contributed by atoms with van der Waals surface area (Å²) in [7, 11) is 0. The fourth-order valence-corrected chi connectivity index (χ4v) is 2.92. The van der Waals surface area contributed by atoms with Gasteiger partial charge in [0.2, 0.25) is 0 Å². The summed E-state index contributed by atoms with van der Waals surface area (Å²) in [4.78, 5) is 24.0. The third-order valence-corrected chi connectivity index (χ3v) is 4.19. The number of ketones is 1. The molecule has 1 heterocycles. The highest BCUT2D eigenvalue weighted by Gasteiger charge is 2.15. The van der Waals surface area contributed by atoms with Gasteiger partial charge in [-0.1, -0.05) is 30.3 Å². The van der Waals surface area contributed by atoms with Crippen molar-refractivity contribution in [3.8, 4) is 5.75 Å². The fourth-order valence-electron chi connectivity index (χ4n) is 2.92. The van der Waals surface area contributed by atoms with Crippen molar-refractivity contribution in [1.82, 2.24) is 4.57 Å². The maximum absolute atomic E-state index is 12.4. The Hall–Kier alpha value is -3.08. The van der Waals surface area contributed by atoms with E-state index >= 15 is 0 Å². The third kappa shape index (κ3) is 3.61. The number of aryl methyl sites for hydroxylation is 1. The lowest BCUT2D eigenvalue weighted by atomic mass is 10.1. The Labute approximate surface area is 152 Å². The van der Waals surface area contributed by atoms with Crippen molar-refractivity contribution in [2.24, 2.45) is 0 Å². The molecule has 0 aliphatic carbocycles. The molecule has 1 aromatic heterocycles. The van der Waals surface area contributed by atoms with Crippen molar-refractivity contribution in [3.05, 3.63) is 65.9 Å². The first-order valence-electron chi connectivity index (χ1n) is 8.59. The smallest absolute Gasteiger partial charge is 0.340 e. The molecule has 3 aromatic rings. The normalized spacial score (nSPS) is 10.7. The van der Waals surface area contributed by atoms with Crippen molar-refractivity contribution >= 4 is 22.7 Å². The summed E-state index contributed by atoms with van der Waals surface area (Å²) in [5, 5.41) is 0.877. The summed E-state index contributed by atoms with van der Waals surface area (Å²) in [5.41, 5.74) is 2.07. The van der Waals surface area contributed by atoms with E-state index in [0.29, 0.717) is 16.9 Å². The van der Waals surface area contributed by atoms with Crippen LogP contribution in [-0.4, -0.2) is 29.5 Å². The highest BCUT2D eigenvalue weighted by molar-refractivity contribution is 6.04. The lowest BCUT2D eigenvalue weighted by Gasteiger charge is -2.10. The molecule has 0 radical (unpaired) electrons. The number of fused-ring (bicyclic) bond motifs is 1. The molecule has 0 spiro atoms. The predicted molar refractivity (Wildman–Crippen MR) is 99.8 cm³/mol. The molecule has 0 saturated heterocycles. The molecule has 5 heteroatoms. The van der Waals surface area contributed by atoms with Crippen LogP contribution < -0.4 is 4.74 Å². The summed E-state index contributed by atoms with van der Waals surface area (Å²) < 4.78 is 13.0. The number of carbonyl (C=O) groups excluding carboxylic acids is 2. The number of hydrogen-bond acceptors (Lipinski definition) is 4. The zero-order valence-electron chi connectivity index (χ0n) is 14.9. The Bertz CT molecular complexity index is 942. The number of ether oxygens (including phenoxy) is 2. The van der Waals surface area contributed by atoms with Gasteiger partial charge in [-0.25, -0.2) is 4.79 Å². The van der Waals surface area contributed by atoms with Crippen LogP contribution in [0.3, 0.4) is 0 Å². The van der Waals surface area contributed by atoms with Crippen molar-refractivity contribution in [2.45, 2.75) is 20.4 Å². The second-order valence-corrected chi connectivity index (χ2v) is 5.88. The van der Waals surface area contributed by atoms with E-state index in [1.807, 2.05) is 42.0 Å². The number of hydrogen-bond donors (Lipinski definition) is 0. The summed E-state index contributed by atoms with van der Waals surface area (Å²) in [5.74, 6) is 0.0560. The highest BCUT2D eigenvalue weighted by Crippen LogP contribution is 2.22. The Balaban J connectivity index is 1.63. The summed E-state index contributed by atoms with van der Waals surface area (Å²) >= 11 is 0. The highest BCUT2D eigenvalue weighted by atomic mass is 16.6. The molecule has 0 atom stereocenters. The van der Waals surface area contributed by atoms with Gasteiger partial charge in [-0.15, -0.1) is 0 Å². The average Bonchev–Trinajstić information content (AvgIpc) is 3.04. The molecule has 3 rings (SSSR count). The number of benzene rings is 2. The minimum atomic E-state index is -0.378. The number of rotatable bonds is 7. The van der Waals surface area contributed by atoms with E-state index in [0.717, 1.165) is 17.4 Å². The topological polar surface area (TPSA) is 57.5 Å². The fraction of sp³-hybridized carbons (Fsp3) is 0.238. The first-order chi connectivity index (χ1) is 12.6. The Kier molecular flexibility index (Phi) is 5.37. The summed E-state index contributed by atoms with van der Waals surface area (Å²) in [6, 6.07) is 14.8. The van der Waals surface area contributed by atoms with E-state index < -0.39 is 0 Å². The maximum Gasteiger partial charge on any atom is 0.340 e. The quantitative estimate of drug-likeness (QED) is 0.365. The van der Waals surface area contributed by atoms with Crippen LogP contribution in [0.2, 0.25) is 0 Å². The van der Waals surface area contributed by atoms with Crippen LogP contribution in [0.15, 0.2) is 54.7 Å². The molecule has 0 saturated carbocycles. The molecule has 2 aromatic carbocycles. The molecule has 134 valence electrons. The van der Waals surface area contributed by atoms with Crippen LogP contribution >= 0.6 is 0 Å². The van der Waals surface area contributed by atoms with Crippen LogP contribution in [0.25, 0.3) is 10.9 Å². The Morgan fingerprint density at radius 2 is 1.69 bits per heavy atom. The second kappa shape index (κ2) is 7.87. The van der Waals surface area contributed by atoms with Crippen molar-refractivity contribution in [1.29, 1.82) is 0 Å². The van der Waals surface area contributed by atoms with E-state index in [-0.39, 0.29) is 25.0 Å². The third-order valence-electron chi connectivity index (χ3n) is 4.19. The summed E-state index contributed by atoms with van der Waals surface area (Å²) in [6.07, 6.45) is 1.82. The van der Waals surface area contributed by atoms with Crippen molar-refractivity contribution in [2.75, 3.05) is 13.2 Å². The van der Waals surface area contributed by atoms with Crippen molar-refractivity contribution in [3.63, 3.8) is 0 Å². The molecule has 5 nitrogen and oxygen atoms in total. The molecule has 0 unspecified atom stereocenters. The van der Waals surface area contributed by atoms with Gasteiger partial charge in [-0.05, 0) is 32.0 Å². The molecular weight excluding hydrogens is 330 g/mol. The van der Waals surface area contributed by atoms with Crippen LogP contribution in [0.4, 0.5) is 0 Å². The first-order valence-corrected chi connectivity index (χ1v) is 8.59. The van der Waals surface area contributed by atoms with Gasteiger partial charge >= 0.3 is 5.97 Å². The number of para-hydroxylation sites is 2. The zero-order chi connectivity index (χ0) is 18.5. The Morgan fingerprint density at radius 3 is 2.46 bits per heavy atom. The van der Waals surface area contributed by atoms with Gasteiger partial charge < -0.3 is 14.0 Å². The SMILES string of the molecule is CCn1cc(C(=O)OCCOc2ccccc2C(C)=O)c2ccccc21. The largest absolute Gasteiger partial charge is 0.489 e. The van der Waals surface area contributed by atoms with Gasteiger partial charge in [-0.3, -0.25) is 4.79 Å². The number of esters is 1. The zero-order valence-corrected chi connectivity index (χ0v) is 14.9. The first kappa shape index (κ1) is 17.7. The Morgan fingerprint density at radius 1 is 0.962 bits per heavy atom. The molecule has 0 aliphatic rings. The molecule has 0 aliphatic heterocycles. The van der Waals surface area contributed by atoms with Crippen LogP contribution in [0.1, 0.15) is 34.6 Å². The molecule has 0 amide bonds. The van der Waals surface area contributed by atoms with Crippen LogP contribution in [0.5, 0.6) is 5.75 Å². The van der Waals surface area contributed by atoms with Gasteiger partial charge in [0.1, 0.15) is 19.0 Å². The van der Waals surface area contributed by atoms with Crippen LogP contribution in [0, 0.1) is 0 Å². The van der Waals surface area contributed by atoms with E-state index in [4.69, 9.17) is 9.47 Å². The number of aromatic nitrogens is 1. The lowest BCUT2D eigenvalue weighted by molar-refractivity contribution is 0.0451. The van der Waals surface area contributed by atoms with Gasteiger partial charge in [0.15, 0.2) is 5.78 Å². The van der Waals surface area contributed by atoms with Crippen LogP contribution in [-0.2, 0) is 11.3 Å². The molecule has 0 N–H and O–H groups in total. The number of nitrogens with zero attached hydrogens (tertiary/aromatic N) is 1. The van der Waals surface area contributed by atoms with Gasteiger partial charge in [0.25, 0.3) is 0 Å². The minimum absolute atomic E-state index is 0.0648. The van der Waals surface area contributed by atoms with Gasteiger partial charge in [0.05, 0.1) is 11.1 Å². The molecule has 0 fully saturated rings. The van der Waals surface area contributed by atoms with E-state index in [2.05, 4.69) is 0 Å². The van der Waals surface area contributed by atoms with E-state index in [1.54, 1.807) is 24.3 Å². The van der Waals surface area contributed by atoms with E-state index in [9.17, 15) is 9.59 Å². The lowest BCUT2D eigenvalue weighted by Crippen LogP contribution is -2.13. The van der Waals surface area contributed by atoms with Gasteiger partial charge in [-0.2, -0.15) is 0 Å². The number of carbonyl (C=O) groups is 2. The van der Waals surface area contributed by atoms with Crippen molar-refractivity contribution < 1.29 is 19.1 Å². The second-order valence-electron chi connectivity index (χ2n) is 5.88. The standard InChI is InChI=1S/C21H21NO4/c1-3-22-14-18(17-9-4-6-10-19(17)22)21(24)26-13-12-25-20-11-7-5-8-16(20)15(2)23/h4-11,14H,3,12-13H2,1-2H3. The van der Waals surface area contributed by atoms with E-state index in [1.165, 1.54) is 6.92 Å². The molecule has 0 bridgehead atoms. The number of Topliss-reactive ketones (excluding diaryl/α,β-unsaturated/α-hetero) is 1. The summed E-state index contributed by atoms with van der Waals surface area (Å²) in [6.45, 7) is 4.59.